The summed E-state index contributed by atoms with van der Waals surface area (Å²) in [7, 11) is 0. The monoisotopic (exact) mass is 266 g/mol. The Kier molecular flexibility index (Phi) is 6.47. The number of hydrogen-bond acceptors (Lipinski definition) is 2. The molecule has 0 fully saturated rings. The highest BCUT2D eigenvalue weighted by Crippen LogP contribution is 2.10. The summed E-state index contributed by atoms with van der Waals surface area (Å²) in [6.45, 7) is 2.53. The molecule has 98 valence electrons. The second-order valence-corrected chi connectivity index (χ2v) is 4.55. The van der Waals surface area contributed by atoms with E-state index in [1.54, 1.807) is 18.2 Å². The van der Waals surface area contributed by atoms with Gasteiger partial charge >= 0.3 is 0 Å². The van der Waals surface area contributed by atoms with Crippen molar-refractivity contribution in [3.05, 3.63) is 40.9 Å². The molecule has 0 aromatic heterocycles. The van der Waals surface area contributed by atoms with Gasteiger partial charge in [-0.3, -0.25) is 4.79 Å². The molecule has 3 nitrogen and oxygen atoms in total. The first-order valence-corrected chi connectivity index (χ1v) is 6.47. The van der Waals surface area contributed by atoms with Crippen LogP contribution in [0.4, 0.5) is 0 Å². The molecule has 1 aromatic rings. The minimum absolute atomic E-state index is 0.0531. The average molecular weight is 267 g/mol. The molecule has 4 heteroatoms. The van der Waals surface area contributed by atoms with Crippen LogP contribution < -0.4 is 11.1 Å². The lowest BCUT2D eigenvalue weighted by Crippen LogP contribution is -2.39. The van der Waals surface area contributed by atoms with Gasteiger partial charge in [0.1, 0.15) is 0 Å². The Balaban J connectivity index is 2.50. The van der Waals surface area contributed by atoms with Gasteiger partial charge in [-0.15, -0.1) is 0 Å². The molecule has 3 N–H and O–H groups in total. The van der Waals surface area contributed by atoms with Crippen molar-refractivity contribution in [3.8, 4) is 0 Å². The van der Waals surface area contributed by atoms with E-state index in [0.29, 0.717) is 11.6 Å². The van der Waals surface area contributed by atoms with Gasteiger partial charge in [-0.2, -0.15) is 0 Å². The lowest BCUT2D eigenvalue weighted by Gasteiger charge is -2.14. The summed E-state index contributed by atoms with van der Waals surface area (Å²) < 4.78 is 0. The fraction of sp³-hybridized carbons (Fsp3) is 0.357. The van der Waals surface area contributed by atoms with E-state index in [-0.39, 0.29) is 11.9 Å². The number of carbonyl (C=O) groups excluding carboxylic acids is 1. The van der Waals surface area contributed by atoms with Crippen LogP contribution in [0.3, 0.4) is 0 Å². The van der Waals surface area contributed by atoms with Crippen molar-refractivity contribution < 1.29 is 4.79 Å². The van der Waals surface area contributed by atoms with Crippen LogP contribution in [-0.2, 0) is 4.79 Å². The van der Waals surface area contributed by atoms with Gasteiger partial charge in [0.05, 0.1) is 0 Å². The highest BCUT2D eigenvalue weighted by molar-refractivity contribution is 6.30. The van der Waals surface area contributed by atoms with E-state index in [1.165, 1.54) is 6.08 Å². The quantitative estimate of drug-likeness (QED) is 0.778. The molecule has 1 aromatic carbocycles. The van der Waals surface area contributed by atoms with Crippen LogP contribution in [0.5, 0.6) is 0 Å². The second kappa shape index (κ2) is 7.90. The topological polar surface area (TPSA) is 55.1 Å². The van der Waals surface area contributed by atoms with Crippen molar-refractivity contribution in [2.45, 2.75) is 25.8 Å². The average Bonchev–Trinajstić information content (AvgIpc) is 2.37. The molecular weight excluding hydrogens is 248 g/mol. The Morgan fingerprint density at radius 1 is 1.44 bits per heavy atom. The molecule has 0 heterocycles. The molecule has 0 aliphatic carbocycles. The number of halogens is 1. The Morgan fingerprint density at radius 2 is 2.11 bits per heavy atom. The predicted molar refractivity (Wildman–Crippen MR) is 76.4 cm³/mol. The van der Waals surface area contributed by atoms with Crippen molar-refractivity contribution in [3.63, 3.8) is 0 Å². The summed E-state index contributed by atoms with van der Waals surface area (Å²) in [6.07, 6.45) is 5.17. The zero-order chi connectivity index (χ0) is 13.4. The number of amides is 1. The number of hydrogen-bond donors (Lipinski definition) is 2. The zero-order valence-electron chi connectivity index (χ0n) is 10.5. The van der Waals surface area contributed by atoms with E-state index in [4.69, 9.17) is 17.3 Å². The van der Waals surface area contributed by atoms with E-state index in [0.717, 1.165) is 18.4 Å². The van der Waals surface area contributed by atoms with Gasteiger partial charge < -0.3 is 11.1 Å². The van der Waals surface area contributed by atoms with Crippen molar-refractivity contribution >= 4 is 23.6 Å². The van der Waals surface area contributed by atoms with E-state index in [2.05, 4.69) is 12.2 Å². The number of rotatable bonds is 6. The Labute approximate surface area is 113 Å². The van der Waals surface area contributed by atoms with Crippen LogP contribution in [0.15, 0.2) is 30.3 Å². The third-order valence-corrected chi connectivity index (χ3v) is 2.82. The number of carbonyl (C=O) groups is 1. The Hall–Kier alpha value is -1.32. The fourth-order valence-electron chi connectivity index (χ4n) is 1.59. The first-order valence-electron chi connectivity index (χ1n) is 6.10. The van der Waals surface area contributed by atoms with Crippen molar-refractivity contribution in [2.24, 2.45) is 5.73 Å². The summed E-state index contributed by atoms with van der Waals surface area (Å²) in [6, 6.07) is 7.35. The second-order valence-electron chi connectivity index (χ2n) is 4.11. The van der Waals surface area contributed by atoms with E-state index < -0.39 is 0 Å². The lowest BCUT2D eigenvalue weighted by atomic mass is 10.1. The molecule has 0 bridgehead atoms. The van der Waals surface area contributed by atoms with Gasteiger partial charge in [0.25, 0.3) is 0 Å². The maximum atomic E-state index is 11.6. The van der Waals surface area contributed by atoms with Gasteiger partial charge in [-0.1, -0.05) is 37.1 Å². The maximum absolute atomic E-state index is 11.6. The smallest absolute Gasteiger partial charge is 0.244 e. The maximum Gasteiger partial charge on any atom is 0.244 e. The van der Waals surface area contributed by atoms with Crippen molar-refractivity contribution in [1.29, 1.82) is 0 Å². The van der Waals surface area contributed by atoms with Crippen LogP contribution in [0, 0.1) is 0 Å². The standard InChI is InChI=1S/C14H19ClN2O/c1-2-3-13(10-16)17-14(18)9-6-11-4-7-12(15)8-5-11/h4-9,13H,2-3,10,16H2,1H3,(H,17,18). The van der Waals surface area contributed by atoms with Crippen LogP contribution in [0.25, 0.3) is 6.08 Å². The van der Waals surface area contributed by atoms with Gasteiger partial charge in [-0.25, -0.2) is 0 Å². The molecule has 0 radical (unpaired) electrons. The summed E-state index contributed by atoms with van der Waals surface area (Å²) in [5.74, 6) is -0.117. The van der Waals surface area contributed by atoms with Crippen LogP contribution in [0.1, 0.15) is 25.3 Å². The highest BCUT2D eigenvalue weighted by atomic mass is 35.5. The zero-order valence-corrected chi connectivity index (χ0v) is 11.3. The van der Waals surface area contributed by atoms with Crippen molar-refractivity contribution in [2.75, 3.05) is 6.54 Å². The lowest BCUT2D eigenvalue weighted by molar-refractivity contribution is -0.117. The van der Waals surface area contributed by atoms with Gasteiger partial charge in [-0.05, 0) is 30.2 Å². The summed E-state index contributed by atoms with van der Waals surface area (Å²) in [5, 5.41) is 3.56. The van der Waals surface area contributed by atoms with Crippen molar-refractivity contribution in [1.82, 2.24) is 5.32 Å². The first kappa shape index (κ1) is 14.7. The normalized spacial score (nSPS) is 12.6. The van der Waals surface area contributed by atoms with Crippen LogP contribution in [-0.4, -0.2) is 18.5 Å². The molecule has 0 saturated carbocycles. The molecule has 1 atom stereocenters. The predicted octanol–water partition coefficient (Wildman–Crippen LogP) is 2.60. The summed E-state index contributed by atoms with van der Waals surface area (Å²) in [4.78, 5) is 11.6. The fourth-order valence-corrected chi connectivity index (χ4v) is 1.72. The van der Waals surface area contributed by atoms with E-state index >= 15 is 0 Å². The molecule has 18 heavy (non-hydrogen) atoms. The first-order chi connectivity index (χ1) is 8.65. The molecule has 0 aliphatic heterocycles. The number of nitrogens with one attached hydrogen (secondary N) is 1. The minimum Gasteiger partial charge on any atom is -0.349 e. The Morgan fingerprint density at radius 3 is 2.67 bits per heavy atom. The molecule has 0 spiro atoms. The summed E-state index contributed by atoms with van der Waals surface area (Å²) in [5.41, 5.74) is 6.52. The third kappa shape index (κ3) is 5.34. The van der Waals surface area contributed by atoms with E-state index in [9.17, 15) is 4.79 Å². The molecule has 0 saturated heterocycles. The van der Waals surface area contributed by atoms with E-state index in [1.807, 2.05) is 12.1 Å². The molecule has 1 rings (SSSR count). The van der Waals surface area contributed by atoms with Crippen LogP contribution >= 0.6 is 11.6 Å². The SMILES string of the molecule is CCCC(CN)NC(=O)C=Cc1ccc(Cl)cc1. The summed E-state index contributed by atoms with van der Waals surface area (Å²) >= 11 is 5.78. The third-order valence-electron chi connectivity index (χ3n) is 2.57. The molecule has 0 aliphatic rings. The minimum atomic E-state index is -0.117. The van der Waals surface area contributed by atoms with Gasteiger partial charge in [0.2, 0.25) is 5.91 Å². The number of nitrogens with two attached hydrogens (primary N) is 1. The Bertz CT molecular complexity index is 401. The number of benzene rings is 1. The van der Waals surface area contributed by atoms with Crippen LogP contribution in [0.2, 0.25) is 5.02 Å². The highest BCUT2D eigenvalue weighted by Gasteiger charge is 2.06. The van der Waals surface area contributed by atoms with Gasteiger partial charge in [0.15, 0.2) is 0 Å². The molecule has 1 amide bonds. The molecular formula is C14H19ClN2O. The van der Waals surface area contributed by atoms with Gasteiger partial charge in [0, 0.05) is 23.7 Å². The largest absolute Gasteiger partial charge is 0.349 e. The molecule has 1 unspecified atom stereocenters.